The minimum atomic E-state index is 0.576. The minimum absolute atomic E-state index is 0.576. The van der Waals surface area contributed by atoms with Crippen LogP contribution in [0.3, 0.4) is 0 Å². The highest BCUT2D eigenvalue weighted by atomic mass is 35.5. The van der Waals surface area contributed by atoms with E-state index < -0.39 is 0 Å². The number of likely N-dealkylation sites (N-methyl/N-ethyl adjacent to an activating group) is 1. The number of halogens is 1. The molecular formula is C13H22ClN3. The van der Waals surface area contributed by atoms with E-state index >= 15 is 0 Å². The summed E-state index contributed by atoms with van der Waals surface area (Å²) in [6.07, 6.45) is 2.94. The maximum atomic E-state index is 5.90. The van der Waals surface area contributed by atoms with Gasteiger partial charge in [0.25, 0.3) is 0 Å². The van der Waals surface area contributed by atoms with Gasteiger partial charge in [-0.3, -0.25) is 4.90 Å². The van der Waals surface area contributed by atoms with Crippen LogP contribution in [0, 0.1) is 0 Å². The molecular weight excluding hydrogens is 234 g/mol. The lowest BCUT2D eigenvalue weighted by molar-refractivity contribution is 0.234. The van der Waals surface area contributed by atoms with Crippen LogP contribution >= 0.6 is 11.6 Å². The highest BCUT2D eigenvalue weighted by Crippen LogP contribution is 2.10. The first-order valence-electron chi connectivity index (χ1n) is 6.09. The van der Waals surface area contributed by atoms with E-state index in [-0.39, 0.29) is 0 Å². The van der Waals surface area contributed by atoms with Crippen LogP contribution in [0.4, 0.5) is 0 Å². The highest BCUT2D eigenvalue weighted by Gasteiger charge is 2.06. The van der Waals surface area contributed by atoms with Gasteiger partial charge in [-0.05, 0) is 44.8 Å². The lowest BCUT2D eigenvalue weighted by Gasteiger charge is -2.23. The molecule has 1 aromatic heterocycles. The van der Waals surface area contributed by atoms with E-state index in [1.807, 2.05) is 12.1 Å². The first kappa shape index (κ1) is 14.4. The fourth-order valence-corrected chi connectivity index (χ4v) is 1.92. The molecule has 96 valence electrons. The molecule has 4 heteroatoms. The first-order chi connectivity index (χ1) is 8.11. The quantitative estimate of drug-likeness (QED) is 0.698. The van der Waals surface area contributed by atoms with Crippen molar-refractivity contribution < 1.29 is 0 Å². The summed E-state index contributed by atoms with van der Waals surface area (Å²) in [7, 11) is 4.21. The van der Waals surface area contributed by atoms with Crippen molar-refractivity contribution in [3.63, 3.8) is 0 Å². The third-order valence-electron chi connectivity index (χ3n) is 2.60. The van der Waals surface area contributed by atoms with Crippen molar-refractivity contribution in [1.29, 1.82) is 0 Å². The van der Waals surface area contributed by atoms with Crippen molar-refractivity contribution in [2.24, 2.45) is 0 Å². The second-order valence-corrected chi connectivity index (χ2v) is 4.95. The number of rotatable bonds is 7. The van der Waals surface area contributed by atoms with Crippen molar-refractivity contribution in [3.8, 4) is 0 Å². The predicted octanol–water partition coefficient (Wildman–Crippen LogP) is 2.51. The van der Waals surface area contributed by atoms with Gasteiger partial charge in [0.05, 0.1) is 0 Å². The summed E-state index contributed by atoms with van der Waals surface area (Å²) in [5.74, 6) is 0. The van der Waals surface area contributed by atoms with Gasteiger partial charge in [0.15, 0.2) is 0 Å². The molecule has 0 aliphatic carbocycles. The normalized spacial score (nSPS) is 11.4. The van der Waals surface area contributed by atoms with Crippen LogP contribution in [-0.4, -0.2) is 48.5 Å². The molecule has 0 atom stereocenters. The average Bonchev–Trinajstić information content (AvgIpc) is 2.26. The van der Waals surface area contributed by atoms with Crippen LogP contribution in [0.5, 0.6) is 0 Å². The van der Waals surface area contributed by atoms with Crippen LogP contribution in [-0.2, 0) is 6.54 Å². The van der Waals surface area contributed by atoms with Crippen LogP contribution in [0.15, 0.2) is 18.3 Å². The molecule has 0 saturated heterocycles. The van der Waals surface area contributed by atoms with Crippen molar-refractivity contribution in [2.75, 3.05) is 33.7 Å². The third-order valence-corrected chi connectivity index (χ3v) is 2.81. The molecule has 1 heterocycles. The van der Waals surface area contributed by atoms with Gasteiger partial charge in [0.2, 0.25) is 0 Å². The maximum Gasteiger partial charge on any atom is 0.129 e. The number of hydrogen-bond donors (Lipinski definition) is 0. The Bertz CT molecular complexity index is 328. The molecule has 1 aromatic rings. The molecule has 0 radical (unpaired) electrons. The third kappa shape index (κ3) is 6.01. The Morgan fingerprint density at radius 1 is 1.24 bits per heavy atom. The molecule has 0 amide bonds. The molecule has 0 unspecified atom stereocenters. The molecule has 0 N–H and O–H groups in total. The Balaban J connectivity index is 2.53. The van der Waals surface area contributed by atoms with Gasteiger partial charge < -0.3 is 4.90 Å². The fourth-order valence-electron chi connectivity index (χ4n) is 1.73. The molecule has 17 heavy (non-hydrogen) atoms. The summed E-state index contributed by atoms with van der Waals surface area (Å²) in [5.41, 5.74) is 1.23. The van der Waals surface area contributed by atoms with Gasteiger partial charge >= 0.3 is 0 Å². The van der Waals surface area contributed by atoms with Gasteiger partial charge in [0, 0.05) is 25.8 Å². The topological polar surface area (TPSA) is 19.4 Å². The van der Waals surface area contributed by atoms with Gasteiger partial charge in [-0.15, -0.1) is 0 Å². The summed E-state index contributed by atoms with van der Waals surface area (Å²) in [6, 6.07) is 3.98. The Morgan fingerprint density at radius 3 is 2.59 bits per heavy atom. The number of aromatic nitrogens is 1. The van der Waals surface area contributed by atoms with Crippen molar-refractivity contribution in [3.05, 3.63) is 29.0 Å². The largest absolute Gasteiger partial charge is 0.308 e. The summed E-state index contributed by atoms with van der Waals surface area (Å²) in [4.78, 5) is 8.67. The summed E-state index contributed by atoms with van der Waals surface area (Å²) in [5, 5.41) is 0.576. The number of pyridine rings is 1. The van der Waals surface area contributed by atoms with E-state index in [2.05, 4.69) is 35.8 Å². The molecule has 0 spiro atoms. The molecule has 0 aromatic carbocycles. The number of nitrogens with zero attached hydrogens (tertiary/aromatic N) is 3. The zero-order valence-electron chi connectivity index (χ0n) is 11.0. The van der Waals surface area contributed by atoms with Gasteiger partial charge in [-0.25, -0.2) is 4.98 Å². The predicted molar refractivity (Wildman–Crippen MR) is 73.4 cm³/mol. The van der Waals surface area contributed by atoms with Gasteiger partial charge in [-0.1, -0.05) is 18.5 Å². The smallest absolute Gasteiger partial charge is 0.129 e. The summed E-state index contributed by atoms with van der Waals surface area (Å²) in [6.45, 7) is 6.44. The zero-order valence-corrected chi connectivity index (χ0v) is 11.7. The summed E-state index contributed by atoms with van der Waals surface area (Å²) >= 11 is 5.90. The molecule has 1 rings (SSSR count). The van der Waals surface area contributed by atoms with Crippen LogP contribution in [0.1, 0.15) is 18.9 Å². The van der Waals surface area contributed by atoms with Crippen LogP contribution < -0.4 is 0 Å². The fraction of sp³-hybridized carbons (Fsp3) is 0.615. The van der Waals surface area contributed by atoms with Gasteiger partial charge in [-0.2, -0.15) is 0 Å². The monoisotopic (exact) mass is 255 g/mol. The molecule has 0 saturated carbocycles. The van der Waals surface area contributed by atoms with E-state index in [1.165, 1.54) is 12.0 Å². The maximum absolute atomic E-state index is 5.90. The highest BCUT2D eigenvalue weighted by molar-refractivity contribution is 6.29. The van der Waals surface area contributed by atoms with Crippen molar-refractivity contribution in [2.45, 2.75) is 19.9 Å². The zero-order chi connectivity index (χ0) is 12.7. The van der Waals surface area contributed by atoms with Crippen molar-refractivity contribution >= 4 is 11.6 Å². The first-order valence-corrected chi connectivity index (χ1v) is 6.47. The molecule has 3 nitrogen and oxygen atoms in total. The number of hydrogen-bond acceptors (Lipinski definition) is 3. The average molecular weight is 256 g/mol. The SMILES string of the molecule is CCCN(CCN(C)C)Cc1ccnc(Cl)c1. The molecule has 0 aliphatic heterocycles. The lowest BCUT2D eigenvalue weighted by atomic mass is 10.2. The summed E-state index contributed by atoms with van der Waals surface area (Å²) < 4.78 is 0. The second-order valence-electron chi connectivity index (χ2n) is 4.57. The molecule has 0 fully saturated rings. The Hall–Kier alpha value is -0.640. The van der Waals surface area contributed by atoms with E-state index in [1.54, 1.807) is 6.20 Å². The molecule has 0 aliphatic rings. The Labute approximate surface area is 109 Å². The van der Waals surface area contributed by atoms with Crippen LogP contribution in [0.2, 0.25) is 5.15 Å². The Kier molecular flexibility index (Phi) is 6.48. The second kappa shape index (κ2) is 7.64. The minimum Gasteiger partial charge on any atom is -0.308 e. The van der Waals surface area contributed by atoms with E-state index in [9.17, 15) is 0 Å². The van der Waals surface area contributed by atoms with Gasteiger partial charge in [0.1, 0.15) is 5.15 Å². The standard InChI is InChI=1S/C13H22ClN3/c1-4-7-17(9-8-16(2)3)11-12-5-6-15-13(14)10-12/h5-6,10H,4,7-9,11H2,1-3H3. The lowest BCUT2D eigenvalue weighted by Crippen LogP contribution is -2.32. The Morgan fingerprint density at radius 2 is 2.00 bits per heavy atom. The van der Waals surface area contributed by atoms with Crippen molar-refractivity contribution in [1.82, 2.24) is 14.8 Å². The van der Waals surface area contributed by atoms with E-state index in [0.29, 0.717) is 5.15 Å². The van der Waals surface area contributed by atoms with Crippen LogP contribution in [0.25, 0.3) is 0 Å². The van der Waals surface area contributed by atoms with E-state index in [0.717, 1.165) is 26.2 Å². The molecule has 0 bridgehead atoms. The van der Waals surface area contributed by atoms with E-state index in [4.69, 9.17) is 11.6 Å².